The van der Waals surface area contributed by atoms with Gasteiger partial charge in [-0.05, 0) is 88.2 Å². The minimum atomic E-state index is -1.66. The number of aliphatic imine (C=N–C) groups is 2. The molecule has 5 saturated heterocycles. The van der Waals surface area contributed by atoms with E-state index < -0.39 is 156 Å². The van der Waals surface area contributed by atoms with E-state index in [1.54, 1.807) is 60.7 Å². The molecule has 5 aliphatic rings. The van der Waals surface area contributed by atoms with Gasteiger partial charge in [-0.25, -0.2) is 0 Å². The number of amides is 14. The first-order valence-electron chi connectivity index (χ1n) is 41.5. The normalized spacial score (nSPS) is 23.7. The lowest BCUT2D eigenvalue weighted by Gasteiger charge is -2.39. The van der Waals surface area contributed by atoms with Crippen molar-refractivity contribution in [1.29, 1.82) is 0 Å². The van der Waals surface area contributed by atoms with Crippen LogP contribution in [0.15, 0.2) is 70.6 Å². The SMILES string of the molecule is NC(N)=NCCC[C@@H]1NC(=O)[C@H](CCCCNC(=O)CCCC(=O)NC23CNCCNCC(NC(=O)CCCC(=O)NCCCC[C@@H]4NC(=O)[C@@H](Cc5ccccc5)NC(=O)[C@H](CC(=O)O)NC(=O)CNC(=O)[C@H](CCCN=C(N)N)NC4=O)(CNCCNC2)CNCCNC3)NC(=O)[C@@H](Cc2ccccc2)NC(=O)[C@H](CC(=O)O)NC(=O)CNC1=O. The number of aliphatic carboxylic acids is 2. The lowest BCUT2D eigenvalue weighted by molar-refractivity contribution is -0.141. The minimum Gasteiger partial charge on any atom is -0.481 e. The van der Waals surface area contributed by atoms with Gasteiger partial charge in [0.15, 0.2) is 11.9 Å². The molecule has 14 amide bonds. The number of nitrogens with one attached hydrogen (secondary N) is 20. The Kier molecular flexibility index (Phi) is 43.7. The van der Waals surface area contributed by atoms with Gasteiger partial charge in [0, 0.05) is 143 Å². The van der Waals surface area contributed by atoms with Gasteiger partial charge >= 0.3 is 11.9 Å². The van der Waals surface area contributed by atoms with E-state index in [-0.39, 0.29) is 164 Å². The third kappa shape index (κ3) is 38.8. The summed E-state index contributed by atoms with van der Waals surface area (Å²) in [5.74, 6) is -13.1. The van der Waals surface area contributed by atoms with Crippen molar-refractivity contribution in [1.82, 2.24) is 106 Å². The van der Waals surface area contributed by atoms with Gasteiger partial charge in [-0.15, -0.1) is 0 Å². The molecule has 8 atom stereocenters. The van der Waals surface area contributed by atoms with E-state index in [0.717, 1.165) is 0 Å². The van der Waals surface area contributed by atoms with Crippen LogP contribution in [0.25, 0.3) is 0 Å². The van der Waals surface area contributed by atoms with E-state index in [2.05, 4.69) is 116 Å². The van der Waals surface area contributed by atoms with Crippen LogP contribution in [0.5, 0.6) is 0 Å². The number of carboxylic acids is 2. The fourth-order valence-corrected chi connectivity index (χ4v) is 13.9. The van der Waals surface area contributed by atoms with Gasteiger partial charge in [-0.1, -0.05) is 60.7 Å². The average Bonchev–Trinajstić information content (AvgIpc) is 1.05. The van der Waals surface area contributed by atoms with Crippen LogP contribution < -0.4 is 129 Å². The average molecular weight is 1710 g/mol. The summed E-state index contributed by atoms with van der Waals surface area (Å²) in [6, 6.07) is 5.92. The van der Waals surface area contributed by atoms with Crippen LogP contribution in [0.4, 0.5) is 0 Å². The van der Waals surface area contributed by atoms with Gasteiger partial charge in [0.05, 0.1) is 37.0 Å². The Morgan fingerprint density at radius 2 is 0.639 bits per heavy atom. The maximum atomic E-state index is 14.2. The van der Waals surface area contributed by atoms with Crippen molar-refractivity contribution in [2.24, 2.45) is 32.9 Å². The standard InChI is InChI=1S/C78H124N26O18/c79-75(80)91-29-13-21-51-67(115)93-41-63(109)95-57(39-65(111)112)73(121)101-55(37-49-15-3-1-4-16-49)71(119)99-53(69(117)97-51)19-7-9-27-89-59(105)23-11-25-61(107)103-77-43-83-31-34-86-46-78(47-87-35-32-84-44-77,48-88-36-33-85-45-77)104-62(108)26-12-24-60(106)90-28-10-8-20-54-70(118)98-52(22-14-30-92-76(81)82)68(116)94-42-64(110)96-58(40-66(113)114)74(122)102-56(72(120)100-54)38-50-17-5-2-6-18-50/h1-6,15-18,51-58,83-88H,7-14,19-48H2,(H,89,105)(H,90,106)(H,93,115)(H,94,116)(H,95,109)(H,96,110)(H,97,117)(H,98,118)(H,99,119)(H,100,120)(H,101,121)(H,102,122)(H,103,107)(H,104,108)(H,111,112)(H,113,114)(H4,79,80,91)(H4,81,82,92)/t51-,52-,53-,54-,55+,56+,57-,58-,77?,78?/m0/s1. The summed E-state index contributed by atoms with van der Waals surface area (Å²) >= 11 is 0. The van der Waals surface area contributed by atoms with Gasteiger partial charge in [0.1, 0.15) is 48.3 Å². The summed E-state index contributed by atoms with van der Waals surface area (Å²) in [7, 11) is 0. The zero-order valence-electron chi connectivity index (χ0n) is 68.9. The maximum Gasteiger partial charge on any atom is 0.305 e. The van der Waals surface area contributed by atoms with Gasteiger partial charge < -0.3 is 139 Å². The van der Waals surface area contributed by atoms with Crippen molar-refractivity contribution in [3.05, 3.63) is 71.8 Å². The summed E-state index contributed by atoms with van der Waals surface area (Å²) < 4.78 is 0. The Hall–Kier alpha value is -11.7. The minimum absolute atomic E-state index is 0.00832. The Bertz CT molecular complexity index is 3590. The Morgan fingerprint density at radius 3 is 0.959 bits per heavy atom. The highest BCUT2D eigenvalue weighted by molar-refractivity contribution is 6.00. The van der Waals surface area contributed by atoms with Gasteiger partial charge in [-0.2, -0.15) is 0 Å². The van der Waals surface area contributed by atoms with Crippen LogP contribution in [0.3, 0.4) is 0 Å². The van der Waals surface area contributed by atoms with Gasteiger partial charge in [0.25, 0.3) is 0 Å². The molecule has 5 heterocycles. The molecule has 2 aromatic rings. The fourth-order valence-electron chi connectivity index (χ4n) is 13.9. The number of guanidine groups is 2. The lowest BCUT2D eigenvalue weighted by Crippen LogP contribution is -2.68. The second kappa shape index (κ2) is 53.8. The molecule has 30 N–H and O–H groups in total. The number of benzene rings is 2. The second-order valence-corrected chi connectivity index (χ2v) is 30.6. The summed E-state index contributed by atoms with van der Waals surface area (Å²) in [5.41, 5.74) is 21.5. The number of unbranched alkanes of at least 4 members (excludes halogenated alkanes) is 2. The largest absolute Gasteiger partial charge is 0.481 e. The van der Waals surface area contributed by atoms with Gasteiger partial charge in [0.2, 0.25) is 82.7 Å². The summed E-state index contributed by atoms with van der Waals surface area (Å²) in [4.78, 5) is 223. The van der Waals surface area contributed by atoms with Crippen molar-refractivity contribution >= 4 is 107 Å². The molecule has 2 bridgehead atoms. The van der Waals surface area contributed by atoms with Crippen molar-refractivity contribution in [3.8, 4) is 0 Å². The lowest BCUT2D eigenvalue weighted by atomic mass is 9.96. The number of hydrogen-bond acceptors (Lipinski definition) is 24. The highest BCUT2D eigenvalue weighted by atomic mass is 16.4. The van der Waals surface area contributed by atoms with E-state index in [0.29, 0.717) is 103 Å². The Balaban J connectivity index is 0.970. The molecule has 5 fully saturated rings. The number of carbonyl (C=O) groups is 16. The molecule has 0 aromatic heterocycles. The number of rotatable bonds is 36. The highest BCUT2D eigenvalue weighted by Gasteiger charge is 2.39. The van der Waals surface area contributed by atoms with Crippen LogP contribution in [0, 0.1) is 0 Å². The number of hydrogen-bond donors (Lipinski definition) is 26. The highest BCUT2D eigenvalue weighted by Crippen LogP contribution is 2.15. The topological polar surface area (TPSA) is 683 Å². The molecule has 0 radical (unpaired) electrons. The van der Waals surface area contributed by atoms with E-state index in [1.165, 1.54) is 0 Å². The monoisotopic (exact) mass is 1710 g/mol. The summed E-state index contributed by atoms with van der Waals surface area (Å²) in [6.45, 7) is 4.10. The van der Waals surface area contributed by atoms with E-state index in [9.17, 15) is 86.9 Å². The van der Waals surface area contributed by atoms with Gasteiger partial charge in [-0.3, -0.25) is 86.7 Å². The van der Waals surface area contributed by atoms with Crippen molar-refractivity contribution in [2.45, 2.75) is 188 Å². The Morgan fingerprint density at radius 1 is 0.352 bits per heavy atom. The smallest absolute Gasteiger partial charge is 0.305 e. The van der Waals surface area contributed by atoms with Crippen LogP contribution in [0.1, 0.15) is 127 Å². The van der Waals surface area contributed by atoms with Crippen molar-refractivity contribution in [2.75, 3.05) is 118 Å². The first kappa shape index (κ1) is 99.1. The molecule has 5 aliphatic heterocycles. The summed E-state index contributed by atoms with van der Waals surface area (Å²) in [6.07, 6.45) is 0.0329. The fraction of sp³-hybridized carbons (Fsp3) is 0.615. The molecule has 0 aliphatic carbocycles. The predicted octanol–water partition coefficient (Wildman–Crippen LogP) is -9.15. The van der Waals surface area contributed by atoms with E-state index >= 15 is 0 Å². The number of carbonyl (C=O) groups excluding carboxylic acids is 14. The summed E-state index contributed by atoms with van der Waals surface area (Å²) in [5, 5.41) is 77.7. The third-order valence-electron chi connectivity index (χ3n) is 20.3. The second-order valence-electron chi connectivity index (χ2n) is 30.6. The molecule has 122 heavy (non-hydrogen) atoms. The number of nitrogens with two attached hydrogens (primary N) is 4. The quantitative estimate of drug-likeness (QED) is 0.0171. The number of carboxylic acid groups (broad SMARTS) is 2. The first-order chi connectivity index (χ1) is 58.5. The number of nitrogens with zero attached hydrogens (tertiary/aromatic N) is 2. The molecule has 674 valence electrons. The van der Waals surface area contributed by atoms with Crippen LogP contribution in [0.2, 0.25) is 0 Å². The molecule has 0 spiro atoms. The first-order valence-corrected chi connectivity index (χ1v) is 41.5. The molecule has 2 aromatic carbocycles. The van der Waals surface area contributed by atoms with Crippen LogP contribution >= 0.6 is 0 Å². The molecular formula is C78H124N26O18. The Labute approximate surface area is 707 Å². The van der Waals surface area contributed by atoms with Crippen LogP contribution in [-0.2, 0) is 89.6 Å². The molecular weight excluding hydrogens is 1590 g/mol. The molecule has 7 rings (SSSR count). The molecule has 44 heteroatoms. The molecule has 0 unspecified atom stereocenters. The van der Waals surface area contributed by atoms with Crippen LogP contribution in [-0.4, -0.2) is 294 Å². The molecule has 0 saturated carbocycles. The number of fused-ring (bicyclic) bond motifs is 15. The third-order valence-corrected chi connectivity index (χ3v) is 20.3. The zero-order valence-corrected chi connectivity index (χ0v) is 68.9. The van der Waals surface area contributed by atoms with Crippen molar-refractivity contribution < 1.29 is 86.9 Å². The van der Waals surface area contributed by atoms with E-state index in [1.807, 2.05) is 0 Å². The maximum absolute atomic E-state index is 14.2. The molecule has 44 nitrogen and oxygen atoms in total. The predicted molar refractivity (Wildman–Crippen MR) is 446 cm³/mol. The van der Waals surface area contributed by atoms with Crippen molar-refractivity contribution in [3.63, 3.8) is 0 Å². The van der Waals surface area contributed by atoms with E-state index in [4.69, 9.17) is 22.9 Å². The zero-order chi connectivity index (χ0) is 88.7.